The summed E-state index contributed by atoms with van der Waals surface area (Å²) in [7, 11) is 0. The van der Waals surface area contributed by atoms with Crippen LogP contribution in [0.2, 0.25) is 0 Å². The van der Waals surface area contributed by atoms with Gasteiger partial charge in [-0.05, 0) is 11.5 Å². The first-order valence-electron chi connectivity index (χ1n) is 3.05. The molecule has 0 bridgehead atoms. The quantitative estimate of drug-likeness (QED) is 0.620. The van der Waals surface area contributed by atoms with Gasteiger partial charge in [-0.25, -0.2) is 4.98 Å². The van der Waals surface area contributed by atoms with Crippen LogP contribution in [0, 0.1) is 0 Å². The van der Waals surface area contributed by atoms with Crippen molar-refractivity contribution in [2.24, 2.45) is 5.73 Å². The minimum atomic E-state index is -0.195. The Labute approximate surface area is 67.8 Å². The van der Waals surface area contributed by atoms with Gasteiger partial charge in [0.15, 0.2) is 5.82 Å². The number of hydrogen-bond acceptors (Lipinski definition) is 5. The Morgan fingerprint density at radius 2 is 2.64 bits per heavy atom. The highest BCUT2D eigenvalue weighted by molar-refractivity contribution is 7.03. The molecule has 1 amide bonds. The van der Waals surface area contributed by atoms with Crippen molar-refractivity contribution < 1.29 is 4.79 Å². The smallest absolute Gasteiger partial charge is 0.234 e. The molecule has 0 aromatic carbocycles. The third-order valence-electron chi connectivity index (χ3n) is 1.04. The van der Waals surface area contributed by atoms with Gasteiger partial charge in [-0.15, -0.1) is 0 Å². The molecule has 5 nitrogen and oxygen atoms in total. The van der Waals surface area contributed by atoms with Gasteiger partial charge in [0.2, 0.25) is 5.91 Å². The highest BCUT2D eigenvalue weighted by Gasteiger charge is 1.99. The summed E-state index contributed by atoms with van der Waals surface area (Å²) >= 11 is 1.26. The summed E-state index contributed by atoms with van der Waals surface area (Å²) in [4.78, 5) is 14.5. The number of aromatic nitrogens is 2. The van der Waals surface area contributed by atoms with Gasteiger partial charge in [-0.3, -0.25) is 4.79 Å². The summed E-state index contributed by atoms with van der Waals surface area (Å²) in [5, 5.41) is 2.55. The zero-order valence-electron chi connectivity index (χ0n) is 5.78. The Bertz CT molecular complexity index is 222. The second kappa shape index (κ2) is 3.99. The number of nitrogens with zero attached hydrogens (tertiary/aromatic N) is 2. The number of amides is 1. The fourth-order valence-corrected chi connectivity index (χ4v) is 0.969. The molecule has 3 N–H and O–H groups in total. The molecule has 1 heterocycles. The second-order valence-electron chi connectivity index (χ2n) is 1.83. The predicted molar refractivity (Wildman–Crippen MR) is 40.8 cm³/mol. The zero-order valence-corrected chi connectivity index (χ0v) is 6.60. The number of nitrogens with two attached hydrogens (primary N) is 1. The first kappa shape index (κ1) is 8.09. The lowest BCUT2D eigenvalue weighted by atomic mass is 10.5. The fourth-order valence-electron chi connectivity index (χ4n) is 0.520. The van der Waals surface area contributed by atoms with Crippen molar-refractivity contribution in [3.63, 3.8) is 0 Å². The molecule has 6 heteroatoms. The maximum Gasteiger partial charge on any atom is 0.234 e. The highest BCUT2D eigenvalue weighted by Crippen LogP contribution is 1.91. The molecule has 1 aromatic rings. The molecule has 1 aromatic heterocycles. The molecule has 0 fully saturated rings. The van der Waals surface area contributed by atoms with E-state index < -0.39 is 0 Å². The number of rotatable bonds is 3. The van der Waals surface area contributed by atoms with E-state index in [2.05, 4.69) is 14.7 Å². The van der Waals surface area contributed by atoms with E-state index in [1.807, 2.05) is 0 Å². The number of carbonyl (C=O) groups excluding carboxylic acids is 1. The summed E-state index contributed by atoms with van der Waals surface area (Å²) in [5.74, 6) is 0.427. The van der Waals surface area contributed by atoms with Crippen molar-refractivity contribution in [3.05, 3.63) is 11.3 Å². The van der Waals surface area contributed by atoms with E-state index in [1.165, 1.54) is 11.5 Å². The van der Waals surface area contributed by atoms with E-state index in [0.717, 1.165) is 0 Å². The summed E-state index contributed by atoms with van der Waals surface area (Å²) in [6, 6.07) is 0. The van der Waals surface area contributed by atoms with Gasteiger partial charge in [0.25, 0.3) is 0 Å². The first-order valence-corrected chi connectivity index (χ1v) is 3.88. The van der Waals surface area contributed by atoms with Crippen molar-refractivity contribution in [1.82, 2.24) is 14.7 Å². The van der Waals surface area contributed by atoms with Crippen LogP contribution >= 0.6 is 11.5 Å². The summed E-state index contributed by atoms with van der Waals surface area (Å²) < 4.78 is 3.90. The topological polar surface area (TPSA) is 80.9 Å². The van der Waals surface area contributed by atoms with Gasteiger partial charge in [-0.2, -0.15) is 4.37 Å². The normalized spacial score (nSPS) is 9.55. The lowest BCUT2D eigenvalue weighted by Gasteiger charge is -1.97. The van der Waals surface area contributed by atoms with Crippen LogP contribution in [0.5, 0.6) is 0 Å². The minimum absolute atomic E-state index is 0.00410. The standard InChI is InChI=1S/C5H8N4OS/c6-1-5(10)7-2-4-8-3-11-9-4/h3H,1-2,6H2,(H,7,10). The molecule has 0 atom stereocenters. The fraction of sp³-hybridized carbons (Fsp3) is 0.400. The van der Waals surface area contributed by atoms with E-state index in [4.69, 9.17) is 5.73 Å². The molecule has 0 saturated carbocycles. The Kier molecular flexibility index (Phi) is 2.94. The Morgan fingerprint density at radius 3 is 3.18 bits per heavy atom. The molecular weight excluding hydrogens is 164 g/mol. The van der Waals surface area contributed by atoms with E-state index >= 15 is 0 Å². The maximum absolute atomic E-state index is 10.6. The molecule has 1 rings (SSSR count). The molecule has 0 unspecified atom stereocenters. The van der Waals surface area contributed by atoms with E-state index in [9.17, 15) is 4.79 Å². The summed E-state index contributed by atoms with van der Waals surface area (Å²) in [6.45, 7) is 0.365. The molecule has 60 valence electrons. The van der Waals surface area contributed by atoms with Gasteiger partial charge in [-0.1, -0.05) is 0 Å². The number of carbonyl (C=O) groups is 1. The molecule has 11 heavy (non-hydrogen) atoms. The van der Waals surface area contributed by atoms with Gasteiger partial charge in [0.1, 0.15) is 5.51 Å². The number of hydrogen-bond donors (Lipinski definition) is 2. The van der Waals surface area contributed by atoms with E-state index in [-0.39, 0.29) is 12.5 Å². The van der Waals surface area contributed by atoms with Crippen LogP contribution in [0.15, 0.2) is 5.51 Å². The first-order chi connectivity index (χ1) is 5.33. The predicted octanol–water partition coefficient (Wildman–Crippen LogP) is -0.887. The van der Waals surface area contributed by atoms with E-state index in [0.29, 0.717) is 12.4 Å². The minimum Gasteiger partial charge on any atom is -0.348 e. The molecule has 0 radical (unpaired) electrons. The molecule has 0 saturated heterocycles. The van der Waals surface area contributed by atoms with Crippen LogP contribution in [0.4, 0.5) is 0 Å². The molecule has 0 aliphatic heterocycles. The van der Waals surface area contributed by atoms with E-state index in [1.54, 1.807) is 5.51 Å². The summed E-state index contributed by atoms with van der Waals surface area (Å²) in [6.07, 6.45) is 0. The maximum atomic E-state index is 10.6. The zero-order chi connectivity index (χ0) is 8.10. The Morgan fingerprint density at radius 1 is 1.82 bits per heavy atom. The average Bonchev–Trinajstić information content (AvgIpc) is 2.52. The van der Waals surface area contributed by atoms with Crippen molar-refractivity contribution in [3.8, 4) is 0 Å². The highest BCUT2D eigenvalue weighted by atomic mass is 32.1. The molecular formula is C5H8N4OS. The second-order valence-corrected chi connectivity index (χ2v) is 2.43. The molecule has 0 spiro atoms. The largest absolute Gasteiger partial charge is 0.348 e. The van der Waals surface area contributed by atoms with Crippen LogP contribution in [-0.4, -0.2) is 21.8 Å². The van der Waals surface area contributed by atoms with Crippen molar-refractivity contribution in [1.29, 1.82) is 0 Å². The Balaban J connectivity index is 2.29. The van der Waals surface area contributed by atoms with Gasteiger partial charge in [0, 0.05) is 0 Å². The van der Waals surface area contributed by atoms with Gasteiger partial charge >= 0.3 is 0 Å². The third-order valence-corrected chi connectivity index (χ3v) is 1.55. The van der Waals surface area contributed by atoms with Crippen molar-refractivity contribution >= 4 is 17.4 Å². The van der Waals surface area contributed by atoms with Crippen LogP contribution < -0.4 is 11.1 Å². The average molecular weight is 172 g/mol. The van der Waals surface area contributed by atoms with Crippen LogP contribution in [0.25, 0.3) is 0 Å². The SMILES string of the molecule is NCC(=O)NCc1ncsn1. The third kappa shape index (κ3) is 2.60. The van der Waals surface area contributed by atoms with Gasteiger partial charge < -0.3 is 11.1 Å². The monoisotopic (exact) mass is 172 g/mol. The van der Waals surface area contributed by atoms with Crippen LogP contribution in [0.1, 0.15) is 5.82 Å². The van der Waals surface area contributed by atoms with Crippen molar-refractivity contribution in [2.45, 2.75) is 6.54 Å². The van der Waals surface area contributed by atoms with Gasteiger partial charge in [0.05, 0.1) is 13.1 Å². The lowest BCUT2D eigenvalue weighted by molar-refractivity contribution is -0.119. The van der Waals surface area contributed by atoms with Crippen LogP contribution in [-0.2, 0) is 11.3 Å². The van der Waals surface area contributed by atoms with Crippen molar-refractivity contribution in [2.75, 3.05) is 6.54 Å². The molecule has 0 aliphatic rings. The lowest BCUT2D eigenvalue weighted by Crippen LogP contribution is -2.29. The molecule has 0 aliphatic carbocycles. The Hall–Kier alpha value is -1.01. The summed E-state index contributed by atoms with van der Waals surface area (Å²) in [5.41, 5.74) is 6.68. The number of nitrogens with one attached hydrogen (secondary N) is 1. The van der Waals surface area contributed by atoms with Crippen LogP contribution in [0.3, 0.4) is 0 Å².